The van der Waals surface area contributed by atoms with E-state index < -0.39 is 0 Å². The van der Waals surface area contributed by atoms with Crippen LogP contribution in [0, 0.1) is 11.8 Å². The van der Waals surface area contributed by atoms with Crippen LogP contribution in [0.2, 0.25) is 0 Å². The van der Waals surface area contributed by atoms with Crippen molar-refractivity contribution >= 4 is 11.6 Å². The number of benzene rings is 1. The van der Waals surface area contributed by atoms with E-state index in [9.17, 15) is 4.79 Å². The molecule has 0 aliphatic carbocycles. The van der Waals surface area contributed by atoms with E-state index >= 15 is 0 Å². The van der Waals surface area contributed by atoms with E-state index in [2.05, 4.69) is 27.2 Å². The summed E-state index contributed by atoms with van der Waals surface area (Å²) in [4.78, 5) is 16.3. The van der Waals surface area contributed by atoms with E-state index in [0.717, 1.165) is 5.56 Å². The summed E-state index contributed by atoms with van der Waals surface area (Å²) >= 11 is 0. The number of carbonyl (C=O) groups excluding carboxylic acids is 1. The van der Waals surface area contributed by atoms with Gasteiger partial charge in [0.15, 0.2) is 0 Å². The minimum Gasteiger partial charge on any atom is -0.322 e. The molecule has 5 heteroatoms. The van der Waals surface area contributed by atoms with Crippen LogP contribution in [0.1, 0.15) is 21.6 Å². The lowest BCUT2D eigenvalue weighted by Crippen LogP contribution is -2.11. The molecular formula is C18H14N4O. The Morgan fingerprint density at radius 2 is 2.09 bits per heavy atom. The Kier molecular flexibility index (Phi) is 4.16. The number of aromatic nitrogens is 3. The molecule has 112 valence electrons. The molecule has 0 aliphatic rings. The van der Waals surface area contributed by atoms with Gasteiger partial charge in [-0.05, 0) is 36.3 Å². The van der Waals surface area contributed by atoms with Crippen LogP contribution in [-0.2, 0) is 7.05 Å². The van der Waals surface area contributed by atoms with E-state index in [1.54, 1.807) is 24.1 Å². The molecule has 0 atom stereocenters. The number of rotatable bonds is 2. The molecule has 0 bridgehead atoms. The number of anilines is 1. The lowest BCUT2D eigenvalue weighted by atomic mass is 10.2. The van der Waals surface area contributed by atoms with Gasteiger partial charge in [0.25, 0.3) is 5.91 Å². The number of amides is 1. The SMILES string of the molecule is Cn1cc(C(=O)Nc2cccc(C#Cc3ccccn3)c2)cn1. The summed E-state index contributed by atoms with van der Waals surface area (Å²) in [6, 6.07) is 13.0. The highest BCUT2D eigenvalue weighted by atomic mass is 16.1. The van der Waals surface area contributed by atoms with Gasteiger partial charge in [-0.25, -0.2) is 4.98 Å². The van der Waals surface area contributed by atoms with Crippen LogP contribution in [0.15, 0.2) is 61.1 Å². The third kappa shape index (κ3) is 3.83. The van der Waals surface area contributed by atoms with Crippen molar-refractivity contribution < 1.29 is 4.79 Å². The second-order valence-corrected chi connectivity index (χ2v) is 4.90. The molecular weight excluding hydrogens is 288 g/mol. The van der Waals surface area contributed by atoms with Crippen molar-refractivity contribution in [2.24, 2.45) is 7.05 Å². The number of pyridine rings is 1. The first-order valence-electron chi connectivity index (χ1n) is 7.04. The lowest BCUT2D eigenvalue weighted by molar-refractivity contribution is 0.102. The Balaban J connectivity index is 1.75. The van der Waals surface area contributed by atoms with Crippen molar-refractivity contribution in [2.75, 3.05) is 5.32 Å². The Hall–Kier alpha value is -3.39. The van der Waals surface area contributed by atoms with Gasteiger partial charge in [-0.1, -0.05) is 18.1 Å². The summed E-state index contributed by atoms with van der Waals surface area (Å²) < 4.78 is 1.59. The molecule has 3 rings (SSSR count). The smallest absolute Gasteiger partial charge is 0.258 e. The Morgan fingerprint density at radius 3 is 2.83 bits per heavy atom. The van der Waals surface area contributed by atoms with E-state index in [1.165, 1.54) is 6.20 Å². The fourth-order valence-electron chi connectivity index (χ4n) is 1.99. The molecule has 3 aromatic rings. The van der Waals surface area contributed by atoms with Gasteiger partial charge in [-0.15, -0.1) is 0 Å². The summed E-state index contributed by atoms with van der Waals surface area (Å²) in [5.41, 5.74) is 2.71. The standard InChI is InChI=1S/C18H14N4O/c1-22-13-15(12-20-22)18(23)21-17-7-4-5-14(11-17)8-9-16-6-2-3-10-19-16/h2-7,10-13H,1H3,(H,21,23). The molecule has 2 heterocycles. The first-order chi connectivity index (χ1) is 11.2. The van der Waals surface area contributed by atoms with Gasteiger partial charge in [0, 0.05) is 30.7 Å². The monoisotopic (exact) mass is 302 g/mol. The highest BCUT2D eigenvalue weighted by molar-refractivity contribution is 6.04. The number of hydrogen-bond acceptors (Lipinski definition) is 3. The molecule has 0 unspecified atom stereocenters. The van der Waals surface area contributed by atoms with Crippen LogP contribution >= 0.6 is 0 Å². The minimum absolute atomic E-state index is 0.201. The van der Waals surface area contributed by atoms with Crippen molar-refractivity contribution in [1.82, 2.24) is 14.8 Å². The number of nitrogens with one attached hydrogen (secondary N) is 1. The van der Waals surface area contributed by atoms with Crippen molar-refractivity contribution in [3.8, 4) is 11.8 Å². The molecule has 2 aromatic heterocycles. The van der Waals surface area contributed by atoms with Gasteiger partial charge in [0.2, 0.25) is 0 Å². The molecule has 0 radical (unpaired) electrons. The van der Waals surface area contributed by atoms with Crippen LogP contribution in [-0.4, -0.2) is 20.7 Å². The summed E-state index contributed by atoms with van der Waals surface area (Å²) in [5, 5.41) is 6.82. The molecule has 1 N–H and O–H groups in total. The maximum atomic E-state index is 12.1. The predicted octanol–water partition coefficient (Wildman–Crippen LogP) is 2.47. The van der Waals surface area contributed by atoms with Crippen molar-refractivity contribution in [3.63, 3.8) is 0 Å². The molecule has 0 aliphatic heterocycles. The fraction of sp³-hybridized carbons (Fsp3) is 0.0556. The second kappa shape index (κ2) is 6.58. The van der Waals surface area contributed by atoms with Crippen molar-refractivity contribution in [1.29, 1.82) is 0 Å². The third-order valence-corrected chi connectivity index (χ3v) is 3.09. The predicted molar refractivity (Wildman–Crippen MR) is 87.8 cm³/mol. The molecule has 1 aromatic carbocycles. The molecule has 23 heavy (non-hydrogen) atoms. The average molecular weight is 302 g/mol. The maximum absolute atomic E-state index is 12.1. The third-order valence-electron chi connectivity index (χ3n) is 3.09. The van der Waals surface area contributed by atoms with Crippen LogP contribution in [0.3, 0.4) is 0 Å². The van der Waals surface area contributed by atoms with Crippen LogP contribution in [0.4, 0.5) is 5.69 Å². The van der Waals surface area contributed by atoms with Gasteiger partial charge in [-0.2, -0.15) is 5.10 Å². The number of aryl methyl sites for hydroxylation is 1. The number of hydrogen-bond donors (Lipinski definition) is 1. The van der Waals surface area contributed by atoms with Gasteiger partial charge >= 0.3 is 0 Å². The first kappa shape index (κ1) is 14.5. The van der Waals surface area contributed by atoms with E-state index in [1.807, 2.05) is 42.5 Å². The van der Waals surface area contributed by atoms with Gasteiger partial charge in [-0.3, -0.25) is 9.48 Å². The molecule has 0 fully saturated rings. The Bertz CT molecular complexity index is 888. The van der Waals surface area contributed by atoms with E-state index in [0.29, 0.717) is 16.9 Å². The lowest BCUT2D eigenvalue weighted by Gasteiger charge is -2.03. The highest BCUT2D eigenvalue weighted by Gasteiger charge is 2.07. The van der Waals surface area contributed by atoms with Gasteiger partial charge < -0.3 is 5.32 Å². The Morgan fingerprint density at radius 1 is 1.17 bits per heavy atom. The summed E-state index contributed by atoms with van der Waals surface area (Å²) in [5.74, 6) is 5.83. The zero-order valence-corrected chi connectivity index (χ0v) is 12.5. The second-order valence-electron chi connectivity index (χ2n) is 4.90. The first-order valence-corrected chi connectivity index (χ1v) is 7.04. The summed E-state index contributed by atoms with van der Waals surface area (Å²) in [6.07, 6.45) is 4.90. The minimum atomic E-state index is -0.201. The molecule has 1 amide bonds. The normalized spacial score (nSPS) is 9.78. The summed E-state index contributed by atoms with van der Waals surface area (Å²) in [6.45, 7) is 0. The number of carbonyl (C=O) groups is 1. The van der Waals surface area contributed by atoms with Crippen molar-refractivity contribution in [3.05, 3.63) is 77.9 Å². The highest BCUT2D eigenvalue weighted by Crippen LogP contribution is 2.11. The largest absolute Gasteiger partial charge is 0.322 e. The quantitative estimate of drug-likeness (QED) is 0.740. The molecule has 0 saturated heterocycles. The van der Waals surface area contributed by atoms with Crippen LogP contribution in [0.25, 0.3) is 0 Å². The Labute approximate surface area is 134 Å². The fourth-order valence-corrected chi connectivity index (χ4v) is 1.99. The number of nitrogens with zero attached hydrogens (tertiary/aromatic N) is 3. The zero-order chi connectivity index (χ0) is 16.1. The van der Waals surface area contributed by atoms with E-state index in [4.69, 9.17) is 0 Å². The van der Waals surface area contributed by atoms with Gasteiger partial charge in [0.05, 0.1) is 11.8 Å². The average Bonchev–Trinajstić information content (AvgIpc) is 3.01. The maximum Gasteiger partial charge on any atom is 0.258 e. The molecule has 0 spiro atoms. The molecule has 5 nitrogen and oxygen atoms in total. The van der Waals surface area contributed by atoms with E-state index in [-0.39, 0.29) is 5.91 Å². The summed E-state index contributed by atoms with van der Waals surface area (Å²) in [7, 11) is 1.77. The van der Waals surface area contributed by atoms with Crippen LogP contribution < -0.4 is 5.32 Å². The molecule has 0 saturated carbocycles. The van der Waals surface area contributed by atoms with Crippen LogP contribution in [0.5, 0.6) is 0 Å². The van der Waals surface area contributed by atoms with Gasteiger partial charge in [0.1, 0.15) is 5.69 Å². The zero-order valence-electron chi connectivity index (χ0n) is 12.5. The topological polar surface area (TPSA) is 59.8 Å². The van der Waals surface area contributed by atoms with Crippen molar-refractivity contribution in [2.45, 2.75) is 0 Å².